The molecule has 3 amide bonds. The Balaban J connectivity index is 1.47. The number of imide groups is 1. The van der Waals surface area contributed by atoms with E-state index in [1.807, 2.05) is 0 Å². The van der Waals surface area contributed by atoms with Crippen LogP contribution in [-0.4, -0.2) is 60.2 Å². The van der Waals surface area contributed by atoms with Gasteiger partial charge in [0.15, 0.2) is 0 Å². The minimum atomic E-state index is -0.265. The van der Waals surface area contributed by atoms with Crippen molar-refractivity contribution in [1.82, 2.24) is 9.80 Å². The summed E-state index contributed by atoms with van der Waals surface area (Å²) in [4.78, 5) is 40.4. The number of rotatable bonds is 4. The molecule has 24 heavy (non-hydrogen) atoms. The monoisotopic (exact) mass is 333 g/mol. The van der Waals surface area contributed by atoms with Crippen LogP contribution in [0.5, 0.6) is 0 Å². The van der Waals surface area contributed by atoms with Crippen LogP contribution >= 0.6 is 0 Å². The van der Waals surface area contributed by atoms with Crippen molar-refractivity contribution in [3.63, 3.8) is 0 Å². The van der Waals surface area contributed by atoms with E-state index in [9.17, 15) is 18.8 Å². The molecule has 0 N–H and O–H groups in total. The zero-order valence-corrected chi connectivity index (χ0v) is 13.4. The van der Waals surface area contributed by atoms with Gasteiger partial charge in [-0.05, 0) is 24.3 Å². The van der Waals surface area contributed by atoms with Gasteiger partial charge in [0, 0.05) is 57.7 Å². The van der Waals surface area contributed by atoms with E-state index in [2.05, 4.69) is 4.90 Å². The predicted octanol–water partition coefficient (Wildman–Crippen LogP) is 1.01. The first-order valence-electron chi connectivity index (χ1n) is 8.16. The molecule has 3 rings (SSSR count). The molecule has 0 spiro atoms. The van der Waals surface area contributed by atoms with Crippen LogP contribution in [0.25, 0.3) is 0 Å². The molecular formula is C17H20FN3O3. The second-order valence-electron chi connectivity index (χ2n) is 6.03. The summed E-state index contributed by atoms with van der Waals surface area (Å²) in [5, 5.41) is 0. The van der Waals surface area contributed by atoms with Crippen LogP contribution in [0, 0.1) is 5.82 Å². The second-order valence-corrected chi connectivity index (χ2v) is 6.03. The molecule has 0 saturated carbocycles. The first-order chi connectivity index (χ1) is 11.5. The maximum Gasteiger partial charge on any atom is 0.229 e. The Bertz CT molecular complexity index is 623. The number of hydrogen-bond donors (Lipinski definition) is 0. The van der Waals surface area contributed by atoms with Gasteiger partial charge >= 0.3 is 0 Å². The van der Waals surface area contributed by atoms with E-state index in [-0.39, 0.29) is 49.3 Å². The molecule has 0 aliphatic carbocycles. The number of carbonyl (C=O) groups excluding carboxylic acids is 3. The summed E-state index contributed by atoms with van der Waals surface area (Å²) in [7, 11) is 0. The van der Waals surface area contributed by atoms with E-state index < -0.39 is 0 Å². The van der Waals surface area contributed by atoms with Crippen molar-refractivity contribution >= 4 is 23.4 Å². The van der Waals surface area contributed by atoms with Gasteiger partial charge < -0.3 is 9.80 Å². The number of amides is 3. The van der Waals surface area contributed by atoms with Crippen LogP contribution in [-0.2, 0) is 14.4 Å². The normalized spacial score (nSPS) is 18.5. The van der Waals surface area contributed by atoms with Crippen molar-refractivity contribution in [3.8, 4) is 0 Å². The van der Waals surface area contributed by atoms with Crippen molar-refractivity contribution in [1.29, 1.82) is 0 Å². The first-order valence-corrected chi connectivity index (χ1v) is 8.16. The lowest BCUT2D eigenvalue weighted by Crippen LogP contribution is -2.49. The lowest BCUT2D eigenvalue weighted by molar-refractivity contribution is -0.139. The number of carbonyl (C=O) groups is 3. The van der Waals surface area contributed by atoms with Gasteiger partial charge in [0.05, 0.1) is 0 Å². The fourth-order valence-corrected chi connectivity index (χ4v) is 3.10. The number of anilines is 1. The largest absolute Gasteiger partial charge is 0.368 e. The molecule has 0 unspecified atom stereocenters. The van der Waals surface area contributed by atoms with Gasteiger partial charge in [-0.15, -0.1) is 0 Å². The number of piperazine rings is 1. The highest BCUT2D eigenvalue weighted by molar-refractivity contribution is 6.02. The smallest absolute Gasteiger partial charge is 0.229 e. The summed E-state index contributed by atoms with van der Waals surface area (Å²) < 4.78 is 13.0. The molecule has 0 atom stereocenters. The lowest BCUT2D eigenvalue weighted by Gasteiger charge is -2.36. The first kappa shape index (κ1) is 16.4. The molecule has 0 aromatic heterocycles. The van der Waals surface area contributed by atoms with Crippen LogP contribution < -0.4 is 4.90 Å². The highest BCUT2D eigenvalue weighted by atomic mass is 19.1. The van der Waals surface area contributed by atoms with Crippen LogP contribution in [0.1, 0.15) is 19.3 Å². The van der Waals surface area contributed by atoms with E-state index in [0.29, 0.717) is 26.2 Å². The molecule has 6 nitrogen and oxygen atoms in total. The third-order valence-electron chi connectivity index (χ3n) is 4.53. The van der Waals surface area contributed by atoms with E-state index in [4.69, 9.17) is 0 Å². The topological polar surface area (TPSA) is 60.9 Å². The molecule has 2 aliphatic rings. The molecule has 2 heterocycles. The number of nitrogens with zero attached hydrogens (tertiary/aromatic N) is 3. The number of hydrogen-bond acceptors (Lipinski definition) is 4. The van der Waals surface area contributed by atoms with Gasteiger partial charge in [-0.25, -0.2) is 4.39 Å². The molecule has 128 valence electrons. The van der Waals surface area contributed by atoms with Crippen LogP contribution in [0.15, 0.2) is 24.3 Å². The van der Waals surface area contributed by atoms with Crippen molar-refractivity contribution in [2.75, 3.05) is 37.6 Å². The summed E-state index contributed by atoms with van der Waals surface area (Å²) in [5.74, 6) is -0.678. The Morgan fingerprint density at radius 3 is 2.12 bits per heavy atom. The quantitative estimate of drug-likeness (QED) is 0.772. The molecular weight excluding hydrogens is 313 g/mol. The maximum absolute atomic E-state index is 13.0. The Labute approximate surface area is 139 Å². The third kappa shape index (κ3) is 3.55. The van der Waals surface area contributed by atoms with Crippen LogP contribution in [0.4, 0.5) is 10.1 Å². The van der Waals surface area contributed by atoms with Crippen molar-refractivity contribution < 1.29 is 18.8 Å². The second kappa shape index (κ2) is 6.98. The predicted molar refractivity (Wildman–Crippen MR) is 85.8 cm³/mol. The van der Waals surface area contributed by atoms with Crippen molar-refractivity contribution in [3.05, 3.63) is 30.1 Å². The van der Waals surface area contributed by atoms with Crippen LogP contribution in [0.3, 0.4) is 0 Å². The number of likely N-dealkylation sites (tertiary alicyclic amines) is 1. The zero-order chi connectivity index (χ0) is 17.1. The molecule has 0 bridgehead atoms. The van der Waals surface area contributed by atoms with Gasteiger partial charge in [-0.1, -0.05) is 0 Å². The van der Waals surface area contributed by atoms with Gasteiger partial charge in [-0.3, -0.25) is 19.3 Å². The fourth-order valence-electron chi connectivity index (χ4n) is 3.10. The average Bonchev–Trinajstić information content (AvgIpc) is 2.92. The van der Waals surface area contributed by atoms with Crippen molar-refractivity contribution in [2.45, 2.75) is 19.3 Å². The molecule has 1 aromatic carbocycles. The number of halogens is 1. The van der Waals surface area contributed by atoms with E-state index in [1.54, 1.807) is 17.0 Å². The Morgan fingerprint density at radius 1 is 0.958 bits per heavy atom. The Kier molecular flexibility index (Phi) is 4.78. The molecule has 7 heteroatoms. The zero-order valence-electron chi connectivity index (χ0n) is 13.4. The molecule has 0 radical (unpaired) electrons. The standard InChI is InChI=1S/C17H20FN3O3/c18-13-1-3-14(4-2-13)19-9-11-20(12-10-19)15(22)7-8-21-16(23)5-6-17(21)24/h1-4H,5-12H2. The highest BCUT2D eigenvalue weighted by Gasteiger charge is 2.30. The summed E-state index contributed by atoms with van der Waals surface area (Å²) in [6, 6.07) is 6.32. The van der Waals surface area contributed by atoms with Gasteiger partial charge in [-0.2, -0.15) is 0 Å². The summed E-state index contributed by atoms with van der Waals surface area (Å²) in [5.41, 5.74) is 0.941. The van der Waals surface area contributed by atoms with Crippen LogP contribution in [0.2, 0.25) is 0 Å². The minimum Gasteiger partial charge on any atom is -0.368 e. The van der Waals surface area contributed by atoms with Gasteiger partial charge in [0.2, 0.25) is 17.7 Å². The molecule has 2 saturated heterocycles. The highest BCUT2D eigenvalue weighted by Crippen LogP contribution is 2.18. The maximum atomic E-state index is 13.0. The van der Waals surface area contributed by atoms with E-state index in [1.165, 1.54) is 17.0 Å². The summed E-state index contributed by atoms with van der Waals surface area (Å²) >= 11 is 0. The lowest BCUT2D eigenvalue weighted by atomic mass is 10.2. The SMILES string of the molecule is O=C(CCN1C(=O)CCC1=O)N1CCN(c2ccc(F)cc2)CC1. The van der Waals surface area contributed by atoms with Gasteiger partial charge in [0.1, 0.15) is 5.82 Å². The van der Waals surface area contributed by atoms with E-state index in [0.717, 1.165) is 5.69 Å². The summed E-state index contributed by atoms with van der Waals surface area (Å²) in [6.07, 6.45) is 0.681. The minimum absolute atomic E-state index is 0.0405. The Hall–Kier alpha value is -2.44. The molecule has 2 aliphatic heterocycles. The van der Waals surface area contributed by atoms with Crippen molar-refractivity contribution in [2.24, 2.45) is 0 Å². The Morgan fingerprint density at radius 2 is 1.54 bits per heavy atom. The molecule has 2 fully saturated rings. The molecule has 1 aromatic rings. The number of benzene rings is 1. The average molecular weight is 333 g/mol. The summed E-state index contributed by atoms with van der Waals surface area (Å²) in [6.45, 7) is 2.70. The third-order valence-corrected chi connectivity index (χ3v) is 4.53. The van der Waals surface area contributed by atoms with E-state index >= 15 is 0 Å². The fraction of sp³-hybridized carbons (Fsp3) is 0.471. The van der Waals surface area contributed by atoms with Gasteiger partial charge in [0.25, 0.3) is 0 Å².